The quantitative estimate of drug-likeness (QED) is 0.748. The van der Waals surface area contributed by atoms with Crippen LogP contribution in [0.3, 0.4) is 0 Å². The van der Waals surface area contributed by atoms with E-state index in [1.807, 2.05) is 0 Å². The number of amides is 1. The van der Waals surface area contributed by atoms with Gasteiger partial charge in [-0.2, -0.15) is 0 Å². The first kappa shape index (κ1) is 13.6. The van der Waals surface area contributed by atoms with Crippen molar-refractivity contribution in [1.82, 2.24) is 5.32 Å². The lowest BCUT2D eigenvalue weighted by Gasteiger charge is -2.43. The number of nitrogens with two attached hydrogens (primary N) is 1. The van der Waals surface area contributed by atoms with Gasteiger partial charge in [-0.3, -0.25) is 0 Å². The van der Waals surface area contributed by atoms with Crippen molar-refractivity contribution in [1.29, 1.82) is 0 Å². The molecule has 1 spiro atoms. The van der Waals surface area contributed by atoms with Crippen LogP contribution in [0.25, 0.3) is 0 Å². The van der Waals surface area contributed by atoms with E-state index in [0.29, 0.717) is 19.2 Å². The van der Waals surface area contributed by atoms with Crippen LogP contribution in [-0.2, 0) is 9.47 Å². The molecular weight excluding hydrogens is 232 g/mol. The summed E-state index contributed by atoms with van der Waals surface area (Å²) in [6.45, 7) is 1.86. The van der Waals surface area contributed by atoms with Crippen molar-refractivity contribution in [3.05, 3.63) is 0 Å². The molecular formula is C13H24N2O3. The lowest BCUT2D eigenvalue weighted by molar-refractivity contribution is -0.109. The Labute approximate surface area is 108 Å². The maximum atomic E-state index is 10.4. The highest BCUT2D eigenvalue weighted by Crippen LogP contribution is 2.38. The second kappa shape index (κ2) is 6.38. The summed E-state index contributed by atoms with van der Waals surface area (Å²) in [5.74, 6) is 0. The summed E-state index contributed by atoms with van der Waals surface area (Å²) in [7, 11) is 0. The number of carbonyl (C=O) groups excluding carboxylic acids is 1. The van der Waals surface area contributed by atoms with Gasteiger partial charge in [0.05, 0.1) is 5.60 Å². The molecule has 3 N–H and O–H groups in total. The van der Waals surface area contributed by atoms with Gasteiger partial charge in [0.25, 0.3) is 0 Å². The Balaban J connectivity index is 1.71. The van der Waals surface area contributed by atoms with Crippen LogP contribution in [0.5, 0.6) is 0 Å². The minimum Gasteiger partial charge on any atom is -0.448 e. The van der Waals surface area contributed by atoms with Crippen molar-refractivity contribution >= 4 is 6.09 Å². The number of rotatable bonds is 4. The van der Waals surface area contributed by atoms with Gasteiger partial charge in [-0.05, 0) is 25.7 Å². The molecule has 1 atom stereocenters. The van der Waals surface area contributed by atoms with Gasteiger partial charge in [0.15, 0.2) is 0 Å². The molecule has 1 aliphatic carbocycles. The Bertz CT molecular complexity index is 272. The molecule has 5 heteroatoms. The van der Waals surface area contributed by atoms with Crippen LogP contribution in [0.1, 0.15) is 44.9 Å². The summed E-state index contributed by atoms with van der Waals surface area (Å²) >= 11 is 0. The van der Waals surface area contributed by atoms with Crippen LogP contribution in [0.4, 0.5) is 4.79 Å². The largest absolute Gasteiger partial charge is 0.448 e. The summed E-state index contributed by atoms with van der Waals surface area (Å²) in [4.78, 5) is 10.4. The molecule has 0 aromatic carbocycles. The van der Waals surface area contributed by atoms with Gasteiger partial charge in [0, 0.05) is 19.2 Å². The zero-order valence-corrected chi connectivity index (χ0v) is 11.0. The fourth-order valence-corrected chi connectivity index (χ4v) is 3.16. The Morgan fingerprint density at radius 3 is 2.89 bits per heavy atom. The zero-order chi connectivity index (χ0) is 12.8. The minimum absolute atomic E-state index is 0.124. The molecule has 0 aromatic heterocycles. The Hall–Kier alpha value is -0.810. The van der Waals surface area contributed by atoms with Crippen LogP contribution in [-0.4, -0.2) is 37.5 Å². The van der Waals surface area contributed by atoms with Crippen molar-refractivity contribution in [2.45, 2.75) is 56.6 Å². The molecule has 2 aliphatic rings. The summed E-state index contributed by atoms with van der Waals surface area (Å²) < 4.78 is 10.8. The summed E-state index contributed by atoms with van der Waals surface area (Å²) in [5.41, 5.74) is 5.04. The van der Waals surface area contributed by atoms with E-state index in [1.165, 1.54) is 32.1 Å². The molecule has 1 aliphatic heterocycles. The highest BCUT2D eigenvalue weighted by molar-refractivity contribution is 5.64. The molecule has 5 nitrogen and oxygen atoms in total. The SMILES string of the molecule is NC(=O)OCCNC1CCOC2(CCCCC2)C1. The third-order valence-electron chi connectivity index (χ3n) is 4.04. The third-order valence-corrected chi connectivity index (χ3v) is 4.04. The Morgan fingerprint density at radius 1 is 1.39 bits per heavy atom. The molecule has 104 valence electrons. The standard InChI is InChI=1S/C13H24N2O3/c14-12(16)17-9-7-15-11-4-8-18-13(10-11)5-2-1-3-6-13/h11,15H,1-10H2,(H2,14,16). The molecule has 1 saturated carbocycles. The van der Waals surface area contributed by atoms with Crippen molar-refractivity contribution < 1.29 is 14.3 Å². The van der Waals surface area contributed by atoms with Crippen molar-refractivity contribution in [2.24, 2.45) is 5.73 Å². The van der Waals surface area contributed by atoms with Gasteiger partial charge < -0.3 is 20.5 Å². The van der Waals surface area contributed by atoms with Crippen LogP contribution in [0, 0.1) is 0 Å². The van der Waals surface area contributed by atoms with Gasteiger partial charge in [0.2, 0.25) is 0 Å². The van der Waals surface area contributed by atoms with E-state index in [-0.39, 0.29) is 5.60 Å². The summed E-state index contributed by atoms with van der Waals surface area (Å²) in [6.07, 6.45) is 7.74. The van der Waals surface area contributed by atoms with E-state index >= 15 is 0 Å². The Morgan fingerprint density at radius 2 is 2.17 bits per heavy atom. The number of hydrogen-bond acceptors (Lipinski definition) is 4. The van der Waals surface area contributed by atoms with Gasteiger partial charge in [-0.25, -0.2) is 4.79 Å². The lowest BCUT2D eigenvalue weighted by atomic mass is 9.78. The van der Waals surface area contributed by atoms with Crippen LogP contribution in [0.15, 0.2) is 0 Å². The van der Waals surface area contributed by atoms with E-state index in [4.69, 9.17) is 15.2 Å². The number of hydrogen-bond donors (Lipinski definition) is 2. The lowest BCUT2D eigenvalue weighted by Crippen LogP contribution is -2.48. The first-order valence-corrected chi connectivity index (χ1v) is 7.00. The summed E-state index contributed by atoms with van der Waals surface area (Å²) in [6, 6.07) is 0.480. The number of ether oxygens (including phenoxy) is 2. The molecule has 1 unspecified atom stereocenters. The zero-order valence-electron chi connectivity index (χ0n) is 11.0. The molecule has 0 aromatic rings. The highest BCUT2D eigenvalue weighted by Gasteiger charge is 2.38. The van der Waals surface area contributed by atoms with E-state index in [1.54, 1.807) is 0 Å². The van der Waals surface area contributed by atoms with Crippen LogP contribution < -0.4 is 11.1 Å². The maximum Gasteiger partial charge on any atom is 0.404 e. The molecule has 0 radical (unpaired) electrons. The van der Waals surface area contributed by atoms with Crippen molar-refractivity contribution in [2.75, 3.05) is 19.8 Å². The number of nitrogens with one attached hydrogen (secondary N) is 1. The number of primary amides is 1. The molecule has 2 rings (SSSR count). The molecule has 1 heterocycles. The van der Waals surface area contributed by atoms with E-state index in [0.717, 1.165) is 19.4 Å². The predicted octanol–water partition coefficient (Wildman–Crippen LogP) is 1.55. The maximum absolute atomic E-state index is 10.4. The summed E-state index contributed by atoms with van der Waals surface area (Å²) in [5, 5.41) is 3.44. The topological polar surface area (TPSA) is 73.6 Å². The fourth-order valence-electron chi connectivity index (χ4n) is 3.16. The minimum atomic E-state index is -0.701. The molecule has 0 bridgehead atoms. The first-order chi connectivity index (χ1) is 8.70. The highest BCUT2D eigenvalue weighted by atomic mass is 16.5. The predicted molar refractivity (Wildman–Crippen MR) is 68.3 cm³/mol. The first-order valence-electron chi connectivity index (χ1n) is 7.00. The van der Waals surface area contributed by atoms with Gasteiger partial charge >= 0.3 is 6.09 Å². The normalized spacial score (nSPS) is 27.0. The molecule has 2 fully saturated rings. The van der Waals surface area contributed by atoms with Gasteiger partial charge in [-0.1, -0.05) is 19.3 Å². The molecule has 1 amide bonds. The average Bonchev–Trinajstić information content (AvgIpc) is 2.36. The second-order valence-electron chi connectivity index (χ2n) is 5.40. The van der Waals surface area contributed by atoms with Crippen molar-refractivity contribution in [3.8, 4) is 0 Å². The monoisotopic (exact) mass is 256 g/mol. The van der Waals surface area contributed by atoms with Crippen LogP contribution >= 0.6 is 0 Å². The van der Waals surface area contributed by atoms with E-state index < -0.39 is 6.09 Å². The van der Waals surface area contributed by atoms with E-state index in [9.17, 15) is 4.79 Å². The third kappa shape index (κ3) is 3.85. The van der Waals surface area contributed by atoms with E-state index in [2.05, 4.69) is 5.32 Å². The molecule has 18 heavy (non-hydrogen) atoms. The second-order valence-corrected chi connectivity index (χ2v) is 5.40. The number of carbonyl (C=O) groups is 1. The van der Waals surface area contributed by atoms with Crippen molar-refractivity contribution in [3.63, 3.8) is 0 Å². The van der Waals surface area contributed by atoms with Gasteiger partial charge in [-0.15, -0.1) is 0 Å². The fraction of sp³-hybridized carbons (Fsp3) is 0.923. The Kier molecular flexibility index (Phi) is 4.83. The van der Waals surface area contributed by atoms with Crippen LogP contribution in [0.2, 0.25) is 0 Å². The average molecular weight is 256 g/mol. The molecule has 1 saturated heterocycles. The van der Waals surface area contributed by atoms with Gasteiger partial charge in [0.1, 0.15) is 6.61 Å². The smallest absolute Gasteiger partial charge is 0.404 e.